The van der Waals surface area contributed by atoms with Crippen LogP contribution in [0.1, 0.15) is 27.6 Å². The molecule has 0 saturated heterocycles. The highest BCUT2D eigenvalue weighted by Crippen LogP contribution is 2.32. The molecule has 9 nitrogen and oxygen atoms in total. The molecule has 2 amide bonds. The number of ether oxygens (including phenoxy) is 4. The topological polar surface area (TPSA) is 112 Å². The maximum absolute atomic E-state index is 13.1. The van der Waals surface area contributed by atoms with Crippen molar-refractivity contribution in [1.29, 1.82) is 0 Å². The summed E-state index contributed by atoms with van der Waals surface area (Å²) in [7, 11) is 1.50. The standard InChI is InChI=1S/C26H24N2O7/c1-16-8-10-20(32-2)19(12-16)28-26(31)24(17-6-4-3-5-7-17)35-23(29)14-27-25(30)18-9-11-21-22(13-18)34-15-33-21/h3-13,24H,14-15H2,1-2H3,(H,27,30)(H,28,31). The molecule has 0 saturated carbocycles. The summed E-state index contributed by atoms with van der Waals surface area (Å²) in [5.41, 5.74) is 2.14. The lowest BCUT2D eigenvalue weighted by molar-refractivity contribution is -0.153. The number of esters is 1. The van der Waals surface area contributed by atoms with Gasteiger partial charge in [0.25, 0.3) is 11.8 Å². The zero-order chi connectivity index (χ0) is 24.8. The minimum Gasteiger partial charge on any atom is -0.495 e. The molecule has 9 heteroatoms. The maximum atomic E-state index is 13.1. The van der Waals surface area contributed by atoms with E-state index in [0.29, 0.717) is 34.1 Å². The summed E-state index contributed by atoms with van der Waals surface area (Å²) in [6.07, 6.45) is -1.24. The van der Waals surface area contributed by atoms with Crippen LogP contribution in [0, 0.1) is 6.92 Å². The fraction of sp³-hybridized carbons (Fsp3) is 0.192. The van der Waals surface area contributed by atoms with Crippen LogP contribution in [-0.4, -0.2) is 38.2 Å². The summed E-state index contributed by atoms with van der Waals surface area (Å²) in [4.78, 5) is 38.2. The Hall–Kier alpha value is -4.53. The molecule has 4 rings (SSSR count). The summed E-state index contributed by atoms with van der Waals surface area (Å²) in [5.74, 6) is -0.367. The van der Waals surface area contributed by atoms with Crippen molar-refractivity contribution in [2.24, 2.45) is 0 Å². The third-order valence-corrected chi connectivity index (χ3v) is 5.23. The number of methoxy groups -OCH3 is 1. The number of anilines is 1. The number of fused-ring (bicyclic) bond motifs is 1. The number of rotatable bonds is 8. The van der Waals surface area contributed by atoms with Crippen LogP contribution in [-0.2, 0) is 14.3 Å². The van der Waals surface area contributed by atoms with Gasteiger partial charge in [0, 0.05) is 11.1 Å². The maximum Gasteiger partial charge on any atom is 0.326 e. The minimum atomic E-state index is -1.24. The van der Waals surface area contributed by atoms with Gasteiger partial charge in [-0.1, -0.05) is 36.4 Å². The molecule has 180 valence electrons. The zero-order valence-corrected chi connectivity index (χ0v) is 19.2. The third kappa shape index (κ3) is 5.70. The molecule has 0 aromatic heterocycles. The molecular weight excluding hydrogens is 452 g/mol. The number of hydrogen-bond donors (Lipinski definition) is 2. The van der Waals surface area contributed by atoms with Gasteiger partial charge in [0.2, 0.25) is 12.9 Å². The highest BCUT2D eigenvalue weighted by atomic mass is 16.7. The van der Waals surface area contributed by atoms with Gasteiger partial charge in [-0.3, -0.25) is 14.4 Å². The van der Waals surface area contributed by atoms with Gasteiger partial charge >= 0.3 is 5.97 Å². The van der Waals surface area contributed by atoms with E-state index in [-0.39, 0.29) is 6.79 Å². The predicted octanol–water partition coefficient (Wildman–Crippen LogP) is 3.39. The van der Waals surface area contributed by atoms with E-state index in [1.54, 1.807) is 54.6 Å². The first kappa shape index (κ1) is 23.6. The number of aryl methyl sites for hydroxylation is 1. The van der Waals surface area contributed by atoms with Gasteiger partial charge in [0.15, 0.2) is 11.5 Å². The number of nitrogens with one attached hydrogen (secondary N) is 2. The number of hydrogen-bond acceptors (Lipinski definition) is 7. The average Bonchev–Trinajstić information content (AvgIpc) is 3.34. The largest absolute Gasteiger partial charge is 0.495 e. The lowest BCUT2D eigenvalue weighted by Gasteiger charge is -2.19. The lowest BCUT2D eigenvalue weighted by atomic mass is 10.1. The summed E-state index contributed by atoms with van der Waals surface area (Å²) in [6, 6.07) is 18.7. The van der Waals surface area contributed by atoms with E-state index in [0.717, 1.165) is 5.56 Å². The van der Waals surface area contributed by atoms with Gasteiger partial charge in [0.1, 0.15) is 12.3 Å². The van der Waals surface area contributed by atoms with Crippen LogP contribution in [0.4, 0.5) is 5.69 Å². The van der Waals surface area contributed by atoms with Gasteiger partial charge in [-0.05, 0) is 42.8 Å². The molecule has 0 spiro atoms. The molecule has 1 aliphatic heterocycles. The van der Waals surface area contributed by atoms with E-state index in [2.05, 4.69) is 10.6 Å². The Bertz CT molecular complexity index is 1240. The Morgan fingerprint density at radius 3 is 2.51 bits per heavy atom. The number of carbonyl (C=O) groups is 3. The predicted molar refractivity (Wildman–Crippen MR) is 127 cm³/mol. The van der Waals surface area contributed by atoms with Crippen molar-refractivity contribution in [1.82, 2.24) is 5.32 Å². The van der Waals surface area contributed by atoms with Gasteiger partial charge in [-0.15, -0.1) is 0 Å². The molecule has 0 radical (unpaired) electrons. The molecule has 3 aromatic carbocycles. The Labute approximate surface area is 201 Å². The van der Waals surface area contributed by atoms with Crippen LogP contribution in [0.15, 0.2) is 66.7 Å². The quantitative estimate of drug-likeness (QED) is 0.479. The molecule has 1 atom stereocenters. The first-order chi connectivity index (χ1) is 16.9. The third-order valence-electron chi connectivity index (χ3n) is 5.23. The number of carbonyl (C=O) groups excluding carboxylic acids is 3. The van der Waals surface area contributed by atoms with E-state index in [1.165, 1.54) is 13.2 Å². The Kier molecular flexibility index (Phi) is 7.15. The van der Waals surface area contributed by atoms with Gasteiger partial charge < -0.3 is 29.6 Å². The molecule has 2 N–H and O–H groups in total. The molecule has 1 aliphatic rings. The second-order valence-corrected chi connectivity index (χ2v) is 7.72. The molecular formula is C26H24N2O7. The number of amides is 2. The smallest absolute Gasteiger partial charge is 0.326 e. The van der Waals surface area contributed by atoms with Gasteiger partial charge in [0.05, 0.1) is 12.8 Å². The van der Waals surface area contributed by atoms with Crippen molar-refractivity contribution in [3.63, 3.8) is 0 Å². The van der Waals surface area contributed by atoms with Crippen LogP contribution in [0.3, 0.4) is 0 Å². The molecule has 0 bridgehead atoms. The van der Waals surface area contributed by atoms with E-state index in [4.69, 9.17) is 18.9 Å². The van der Waals surface area contributed by atoms with Crippen molar-refractivity contribution >= 4 is 23.5 Å². The average molecular weight is 476 g/mol. The number of benzene rings is 3. The van der Waals surface area contributed by atoms with E-state index >= 15 is 0 Å². The van der Waals surface area contributed by atoms with Crippen molar-refractivity contribution in [2.75, 3.05) is 25.8 Å². The minimum absolute atomic E-state index is 0.0874. The van der Waals surface area contributed by atoms with Gasteiger partial charge in [-0.25, -0.2) is 0 Å². The van der Waals surface area contributed by atoms with Crippen LogP contribution >= 0.6 is 0 Å². The summed E-state index contributed by atoms with van der Waals surface area (Å²) in [6.45, 7) is 1.54. The zero-order valence-electron chi connectivity index (χ0n) is 19.2. The van der Waals surface area contributed by atoms with Crippen molar-refractivity contribution in [3.8, 4) is 17.2 Å². The van der Waals surface area contributed by atoms with E-state index < -0.39 is 30.4 Å². The second-order valence-electron chi connectivity index (χ2n) is 7.72. The first-order valence-corrected chi connectivity index (χ1v) is 10.8. The fourth-order valence-corrected chi connectivity index (χ4v) is 3.48. The molecule has 35 heavy (non-hydrogen) atoms. The Balaban J connectivity index is 1.44. The van der Waals surface area contributed by atoms with Crippen LogP contribution in [0.25, 0.3) is 0 Å². The first-order valence-electron chi connectivity index (χ1n) is 10.8. The fourth-order valence-electron chi connectivity index (χ4n) is 3.48. The van der Waals surface area contributed by atoms with Crippen LogP contribution in [0.5, 0.6) is 17.2 Å². The SMILES string of the molecule is COc1ccc(C)cc1NC(=O)C(OC(=O)CNC(=O)c1ccc2c(c1)OCO2)c1ccccc1. The monoisotopic (exact) mass is 476 g/mol. The highest BCUT2D eigenvalue weighted by molar-refractivity contribution is 5.98. The lowest BCUT2D eigenvalue weighted by Crippen LogP contribution is -2.33. The molecule has 1 heterocycles. The Morgan fingerprint density at radius 1 is 0.971 bits per heavy atom. The van der Waals surface area contributed by atoms with E-state index in [9.17, 15) is 14.4 Å². The molecule has 1 unspecified atom stereocenters. The normalized spacial score (nSPS) is 12.4. The van der Waals surface area contributed by atoms with Crippen molar-refractivity contribution in [2.45, 2.75) is 13.0 Å². The summed E-state index contributed by atoms with van der Waals surface area (Å²) < 4.78 is 21.3. The summed E-state index contributed by atoms with van der Waals surface area (Å²) >= 11 is 0. The van der Waals surface area contributed by atoms with Crippen molar-refractivity contribution < 1.29 is 33.3 Å². The van der Waals surface area contributed by atoms with E-state index in [1.807, 2.05) is 13.0 Å². The van der Waals surface area contributed by atoms with Gasteiger partial charge in [-0.2, -0.15) is 0 Å². The molecule has 0 aliphatic carbocycles. The molecule has 3 aromatic rings. The van der Waals surface area contributed by atoms with Crippen LogP contribution < -0.4 is 24.8 Å². The highest BCUT2D eigenvalue weighted by Gasteiger charge is 2.26. The van der Waals surface area contributed by atoms with Crippen LogP contribution in [0.2, 0.25) is 0 Å². The molecule has 0 fully saturated rings. The Morgan fingerprint density at radius 2 is 1.74 bits per heavy atom. The van der Waals surface area contributed by atoms with Crippen molar-refractivity contribution in [3.05, 3.63) is 83.4 Å². The second kappa shape index (κ2) is 10.6. The summed E-state index contributed by atoms with van der Waals surface area (Å²) in [5, 5.41) is 5.27.